The van der Waals surface area contributed by atoms with Crippen LogP contribution in [0.4, 0.5) is 5.69 Å². The minimum atomic E-state index is 0.507. The third-order valence-electron chi connectivity index (χ3n) is 2.52. The van der Waals surface area contributed by atoms with Crippen LogP contribution >= 0.6 is 0 Å². The Balaban J connectivity index is 2.08. The van der Waals surface area contributed by atoms with Gasteiger partial charge in [-0.3, -0.25) is 9.78 Å². The van der Waals surface area contributed by atoms with Crippen LogP contribution in [-0.4, -0.2) is 16.4 Å². The molecule has 0 saturated carbocycles. The van der Waals surface area contributed by atoms with Crippen LogP contribution < -0.4 is 5.32 Å². The molecule has 1 aromatic carbocycles. The number of carbonyl (C=O) groups is 1. The standard InChI is InChI=1S/C13H9N3O2/c17-8-15-10-3-1-2-9(6-10)13-16-11-7-14-5-4-12(11)18-13/h1-8H,(H,15,17). The SMILES string of the molecule is O=CNc1cccc(-c2nc3cnccc3o2)c1. The number of fused-ring (bicyclic) bond motifs is 1. The number of pyridine rings is 1. The summed E-state index contributed by atoms with van der Waals surface area (Å²) < 4.78 is 5.62. The molecule has 88 valence electrons. The number of carbonyl (C=O) groups excluding carboxylic acids is 1. The summed E-state index contributed by atoms with van der Waals surface area (Å²) in [5.74, 6) is 0.507. The molecule has 3 rings (SSSR count). The van der Waals surface area contributed by atoms with Crippen LogP contribution in [0.3, 0.4) is 0 Å². The van der Waals surface area contributed by atoms with Gasteiger partial charge in [0.2, 0.25) is 12.3 Å². The molecule has 1 N–H and O–H groups in total. The summed E-state index contributed by atoms with van der Waals surface area (Å²) in [6.45, 7) is 0. The first-order chi connectivity index (χ1) is 8.86. The van der Waals surface area contributed by atoms with E-state index in [0.717, 1.165) is 5.56 Å². The van der Waals surface area contributed by atoms with Crippen molar-refractivity contribution in [2.75, 3.05) is 5.32 Å². The van der Waals surface area contributed by atoms with Crippen LogP contribution in [0.5, 0.6) is 0 Å². The molecule has 0 atom stereocenters. The highest BCUT2D eigenvalue weighted by molar-refractivity contribution is 5.77. The predicted molar refractivity (Wildman–Crippen MR) is 66.9 cm³/mol. The van der Waals surface area contributed by atoms with E-state index in [0.29, 0.717) is 29.1 Å². The molecule has 0 aliphatic carbocycles. The minimum Gasteiger partial charge on any atom is -0.436 e. The van der Waals surface area contributed by atoms with Crippen molar-refractivity contribution in [2.24, 2.45) is 0 Å². The Morgan fingerprint density at radius 1 is 1.28 bits per heavy atom. The molecule has 0 radical (unpaired) electrons. The maximum atomic E-state index is 10.4. The summed E-state index contributed by atoms with van der Waals surface area (Å²) in [7, 11) is 0. The molecular formula is C13H9N3O2. The Hall–Kier alpha value is -2.69. The van der Waals surface area contributed by atoms with Gasteiger partial charge in [-0.15, -0.1) is 0 Å². The number of nitrogens with zero attached hydrogens (tertiary/aromatic N) is 2. The zero-order valence-corrected chi connectivity index (χ0v) is 9.33. The number of hydrogen-bond acceptors (Lipinski definition) is 4. The Morgan fingerprint density at radius 3 is 3.06 bits per heavy atom. The Morgan fingerprint density at radius 2 is 2.22 bits per heavy atom. The average Bonchev–Trinajstić information content (AvgIpc) is 2.83. The van der Waals surface area contributed by atoms with Gasteiger partial charge in [-0.05, 0) is 18.2 Å². The fourth-order valence-electron chi connectivity index (χ4n) is 1.71. The molecule has 0 unspecified atom stereocenters. The van der Waals surface area contributed by atoms with Gasteiger partial charge in [0.15, 0.2) is 5.58 Å². The second kappa shape index (κ2) is 4.29. The second-order valence-electron chi connectivity index (χ2n) is 3.71. The topological polar surface area (TPSA) is 68.0 Å². The van der Waals surface area contributed by atoms with Crippen molar-refractivity contribution in [1.82, 2.24) is 9.97 Å². The molecule has 0 spiro atoms. The minimum absolute atomic E-state index is 0.507. The summed E-state index contributed by atoms with van der Waals surface area (Å²) in [4.78, 5) is 18.7. The van der Waals surface area contributed by atoms with Gasteiger partial charge in [0.1, 0.15) is 5.52 Å². The van der Waals surface area contributed by atoms with Crippen molar-refractivity contribution in [2.45, 2.75) is 0 Å². The molecule has 18 heavy (non-hydrogen) atoms. The van der Waals surface area contributed by atoms with Crippen molar-refractivity contribution < 1.29 is 9.21 Å². The molecule has 0 fully saturated rings. The number of anilines is 1. The lowest BCUT2D eigenvalue weighted by Gasteiger charge is -1.99. The third kappa shape index (κ3) is 1.82. The van der Waals surface area contributed by atoms with E-state index in [-0.39, 0.29) is 0 Å². The van der Waals surface area contributed by atoms with Crippen LogP contribution in [0, 0.1) is 0 Å². The van der Waals surface area contributed by atoms with Gasteiger partial charge >= 0.3 is 0 Å². The van der Waals surface area contributed by atoms with Crippen molar-refractivity contribution in [1.29, 1.82) is 0 Å². The summed E-state index contributed by atoms with van der Waals surface area (Å²) >= 11 is 0. The largest absolute Gasteiger partial charge is 0.436 e. The normalized spacial score (nSPS) is 10.4. The quantitative estimate of drug-likeness (QED) is 0.713. The zero-order chi connectivity index (χ0) is 12.4. The summed E-state index contributed by atoms with van der Waals surface area (Å²) in [5.41, 5.74) is 2.90. The van der Waals surface area contributed by atoms with E-state index in [1.165, 1.54) is 0 Å². The Kier molecular flexibility index (Phi) is 2.49. The third-order valence-corrected chi connectivity index (χ3v) is 2.52. The van der Waals surface area contributed by atoms with Crippen LogP contribution in [0.1, 0.15) is 0 Å². The number of amides is 1. The fourth-order valence-corrected chi connectivity index (χ4v) is 1.71. The first-order valence-electron chi connectivity index (χ1n) is 5.38. The van der Waals surface area contributed by atoms with Crippen LogP contribution in [-0.2, 0) is 4.79 Å². The number of rotatable bonds is 3. The molecule has 5 nitrogen and oxygen atoms in total. The second-order valence-corrected chi connectivity index (χ2v) is 3.71. The maximum Gasteiger partial charge on any atom is 0.227 e. The van der Waals surface area contributed by atoms with E-state index in [4.69, 9.17) is 4.42 Å². The summed E-state index contributed by atoms with van der Waals surface area (Å²) in [6, 6.07) is 9.05. The lowest BCUT2D eigenvalue weighted by molar-refractivity contribution is -0.105. The highest BCUT2D eigenvalue weighted by Gasteiger charge is 2.08. The predicted octanol–water partition coefficient (Wildman–Crippen LogP) is 2.46. The molecule has 2 heterocycles. The highest BCUT2D eigenvalue weighted by Crippen LogP contribution is 2.25. The van der Waals surface area contributed by atoms with E-state index in [1.54, 1.807) is 30.6 Å². The zero-order valence-electron chi connectivity index (χ0n) is 9.33. The van der Waals surface area contributed by atoms with Crippen LogP contribution in [0.25, 0.3) is 22.6 Å². The van der Waals surface area contributed by atoms with Gasteiger partial charge in [-0.1, -0.05) is 6.07 Å². The molecule has 5 heteroatoms. The summed E-state index contributed by atoms with van der Waals surface area (Å²) in [6.07, 6.45) is 3.94. The van der Waals surface area contributed by atoms with Crippen LogP contribution in [0.2, 0.25) is 0 Å². The molecule has 0 aliphatic heterocycles. The van der Waals surface area contributed by atoms with Gasteiger partial charge in [-0.2, -0.15) is 0 Å². The maximum absolute atomic E-state index is 10.4. The molecule has 2 aromatic heterocycles. The molecule has 1 amide bonds. The van der Waals surface area contributed by atoms with Gasteiger partial charge in [0, 0.05) is 23.5 Å². The lowest BCUT2D eigenvalue weighted by Crippen LogP contribution is -1.93. The Bertz CT molecular complexity index is 673. The fraction of sp³-hybridized carbons (Fsp3) is 0. The van der Waals surface area contributed by atoms with E-state index in [9.17, 15) is 4.79 Å². The van der Waals surface area contributed by atoms with Gasteiger partial charge in [0.25, 0.3) is 0 Å². The van der Waals surface area contributed by atoms with Crippen molar-refractivity contribution in [3.63, 3.8) is 0 Å². The number of benzene rings is 1. The van der Waals surface area contributed by atoms with Gasteiger partial charge in [0.05, 0.1) is 6.20 Å². The van der Waals surface area contributed by atoms with Crippen molar-refractivity contribution in [3.05, 3.63) is 42.7 Å². The first kappa shape index (κ1) is 10.5. The first-order valence-corrected chi connectivity index (χ1v) is 5.38. The number of hydrogen-bond donors (Lipinski definition) is 1. The molecule has 3 aromatic rings. The highest BCUT2D eigenvalue weighted by atomic mass is 16.3. The summed E-state index contributed by atoms with van der Waals surface area (Å²) in [5, 5.41) is 2.59. The Labute approximate surface area is 102 Å². The smallest absolute Gasteiger partial charge is 0.227 e. The molecule has 0 aliphatic rings. The van der Waals surface area contributed by atoms with Gasteiger partial charge in [-0.25, -0.2) is 4.98 Å². The van der Waals surface area contributed by atoms with E-state index in [2.05, 4.69) is 15.3 Å². The number of aromatic nitrogens is 2. The molecular weight excluding hydrogens is 230 g/mol. The average molecular weight is 239 g/mol. The molecule has 0 saturated heterocycles. The van der Waals surface area contributed by atoms with E-state index in [1.807, 2.05) is 12.1 Å². The van der Waals surface area contributed by atoms with Crippen molar-refractivity contribution >= 4 is 23.2 Å². The van der Waals surface area contributed by atoms with E-state index < -0.39 is 0 Å². The molecule has 0 bridgehead atoms. The number of oxazole rings is 1. The van der Waals surface area contributed by atoms with Crippen LogP contribution in [0.15, 0.2) is 47.1 Å². The van der Waals surface area contributed by atoms with Gasteiger partial charge < -0.3 is 9.73 Å². The van der Waals surface area contributed by atoms with Crippen molar-refractivity contribution in [3.8, 4) is 11.5 Å². The van der Waals surface area contributed by atoms with E-state index >= 15 is 0 Å². The monoisotopic (exact) mass is 239 g/mol. The number of nitrogens with one attached hydrogen (secondary N) is 1. The lowest BCUT2D eigenvalue weighted by atomic mass is 10.2.